The number of carbonyl (C=O) groups is 2. The van der Waals surface area contributed by atoms with Crippen molar-refractivity contribution in [3.63, 3.8) is 0 Å². The highest BCUT2D eigenvalue weighted by Crippen LogP contribution is 2.35. The monoisotopic (exact) mass is 475 g/mol. The molecule has 0 radical (unpaired) electrons. The predicted octanol–water partition coefficient (Wildman–Crippen LogP) is 5.87. The summed E-state index contributed by atoms with van der Waals surface area (Å²) in [6.45, 7) is 6.54. The zero-order chi connectivity index (χ0) is 21.0. The Bertz CT molecular complexity index is 958. The van der Waals surface area contributed by atoms with Crippen molar-refractivity contribution in [2.24, 2.45) is 0 Å². The van der Waals surface area contributed by atoms with Crippen LogP contribution in [0.1, 0.15) is 31.9 Å². The Balaban J connectivity index is 1.82. The molecular weight excluding hydrogens is 454 g/mol. The summed E-state index contributed by atoms with van der Waals surface area (Å²) in [7, 11) is 0. The Morgan fingerprint density at radius 3 is 2.62 bits per heavy atom. The predicted molar refractivity (Wildman–Crippen MR) is 119 cm³/mol. The Labute approximate surface area is 183 Å². The van der Waals surface area contributed by atoms with Gasteiger partial charge in [-0.3, -0.25) is 14.5 Å². The van der Waals surface area contributed by atoms with E-state index in [1.165, 1.54) is 4.90 Å². The van der Waals surface area contributed by atoms with Gasteiger partial charge in [0.25, 0.3) is 11.1 Å². The standard InChI is InChI=1S/C22H22BrNO4S/c1-4-27-19-11-15(8-9-18(19)28-14(2)3)12-20-21(25)24(22(26)29-20)13-16-6-5-7-17(23)10-16/h5-12,14H,4,13H2,1-3H3/b20-12+. The molecule has 1 aliphatic heterocycles. The second-order valence-electron chi connectivity index (χ2n) is 6.70. The van der Waals surface area contributed by atoms with Gasteiger partial charge >= 0.3 is 0 Å². The summed E-state index contributed by atoms with van der Waals surface area (Å²) in [4.78, 5) is 26.8. The Morgan fingerprint density at radius 2 is 1.93 bits per heavy atom. The van der Waals surface area contributed by atoms with Crippen molar-refractivity contribution in [1.29, 1.82) is 0 Å². The number of rotatable bonds is 7. The molecule has 0 unspecified atom stereocenters. The lowest BCUT2D eigenvalue weighted by Crippen LogP contribution is -2.27. The molecule has 0 aliphatic carbocycles. The molecule has 0 bridgehead atoms. The molecule has 152 valence electrons. The Morgan fingerprint density at radius 1 is 1.14 bits per heavy atom. The van der Waals surface area contributed by atoms with Gasteiger partial charge in [-0.2, -0.15) is 0 Å². The van der Waals surface area contributed by atoms with Gasteiger partial charge in [-0.15, -0.1) is 0 Å². The molecular formula is C22H22BrNO4S. The third-order valence-corrected chi connectivity index (χ3v) is 5.43. The molecule has 1 aliphatic rings. The zero-order valence-electron chi connectivity index (χ0n) is 16.5. The van der Waals surface area contributed by atoms with Crippen molar-refractivity contribution in [2.45, 2.75) is 33.4 Å². The van der Waals surface area contributed by atoms with Gasteiger partial charge in [0.1, 0.15) is 0 Å². The summed E-state index contributed by atoms with van der Waals surface area (Å²) in [5.74, 6) is 0.977. The van der Waals surface area contributed by atoms with Crippen LogP contribution in [0.3, 0.4) is 0 Å². The highest BCUT2D eigenvalue weighted by Gasteiger charge is 2.35. The average molecular weight is 476 g/mol. The van der Waals surface area contributed by atoms with E-state index in [2.05, 4.69) is 15.9 Å². The summed E-state index contributed by atoms with van der Waals surface area (Å²) in [6.07, 6.45) is 1.74. The third-order valence-electron chi connectivity index (χ3n) is 4.03. The highest BCUT2D eigenvalue weighted by molar-refractivity contribution is 9.10. The molecule has 0 spiro atoms. The smallest absolute Gasteiger partial charge is 0.293 e. The maximum atomic E-state index is 12.8. The first-order valence-corrected chi connectivity index (χ1v) is 10.9. The molecule has 0 aromatic heterocycles. The molecule has 3 rings (SSSR count). The van der Waals surface area contributed by atoms with Gasteiger partial charge in [-0.25, -0.2) is 0 Å². The van der Waals surface area contributed by atoms with Crippen molar-refractivity contribution in [1.82, 2.24) is 4.90 Å². The van der Waals surface area contributed by atoms with Crippen LogP contribution in [0.5, 0.6) is 11.5 Å². The van der Waals surface area contributed by atoms with Gasteiger partial charge in [-0.1, -0.05) is 34.1 Å². The molecule has 2 aromatic carbocycles. The fraction of sp³-hybridized carbons (Fsp3) is 0.273. The fourth-order valence-corrected chi connectivity index (χ4v) is 4.12. The first-order valence-electron chi connectivity index (χ1n) is 9.30. The largest absolute Gasteiger partial charge is 0.490 e. The van der Waals surface area contributed by atoms with Crippen LogP contribution in [0.4, 0.5) is 4.79 Å². The number of nitrogens with zero attached hydrogens (tertiary/aromatic N) is 1. The Kier molecular flexibility index (Phi) is 7.03. The minimum Gasteiger partial charge on any atom is -0.490 e. The Hall–Kier alpha value is -2.25. The molecule has 2 aromatic rings. The van der Waals surface area contributed by atoms with Gasteiger partial charge < -0.3 is 9.47 Å². The minimum absolute atomic E-state index is 0.0228. The van der Waals surface area contributed by atoms with E-state index in [0.717, 1.165) is 27.4 Å². The maximum Gasteiger partial charge on any atom is 0.293 e. The molecule has 0 atom stereocenters. The number of ether oxygens (including phenoxy) is 2. The topological polar surface area (TPSA) is 55.8 Å². The quantitative estimate of drug-likeness (QED) is 0.468. The van der Waals surface area contributed by atoms with Crippen molar-refractivity contribution in [3.8, 4) is 11.5 Å². The molecule has 0 saturated carbocycles. The van der Waals surface area contributed by atoms with Crippen molar-refractivity contribution >= 4 is 44.9 Å². The lowest BCUT2D eigenvalue weighted by atomic mass is 10.1. The molecule has 2 amide bonds. The number of carbonyl (C=O) groups excluding carboxylic acids is 2. The van der Waals surface area contributed by atoms with Crippen LogP contribution in [0.2, 0.25) is 0 Å². The van der Waals surface area contributed by atoms with E-state index in [1.54, 1.807) is 6.08 Å². The zero-order valence-corrected chi connectivity index (χ0v) is 18.9. The number of imide groups is 1. The molecule has 1 fully saturated rings. The first kappa shape index (κ1) is 21.5. The van der Waals surface area contributed by atoms with Crippen LogP contribution in [0.15, 0.2) is 51.8 Å². The normalized spacial score (nSPS) is 15.5. The van der Waals surface area contributed by atoms with Crippen molar-refractivity contribution < 1.29 is 19.1 Å². The lowest BCUT2D eigenvalue weighted by Gasteiger charge is -2.15. The van der Waals surface area contributed by atoms with E-state index in [4.69, 9.17) is 9.47 Å². The number of hydrogen-bond acceptors (Lipinski definition) is 5. The van der Waals surface area contributed by atoms with E-state index in [9.17, 15) is 9.59 Å². The summed E-state index contributed by atoms with van der Waals surface area (Å²) in [6, 6.07) is 13.1. The number of benzene rings is 2. The summed E-state index contributed by atoms with van der Waals surface area (Å²) >= 11 is 4.36. The van der Waals surface area contributed by atoms with E-state index in [1.807, 2.05) is 63.2 Å². The van der Waals surface area contributed by atoms with Crippen molar-refractivity contribution in [3.05, 3.63) is 63.0 Å². The van der Waals surface area contributed by atoms with E-state index < -0.39 is 0 Å². The molecule has 7 heteroatoms. The molecule has 0 N–H and O–H groups in total. The van der Waals surface area contributed by atoms with Gasteiger partial charge in [0, 0.05) is 4.47 Å². The van der Waals surface area contributed by atoms with Crippen LogP contribution < -0.4 is 9.47 Å². The molecule has 5 nitrogen and oxygen atoms in total. The van der Waals surface area contributed by atoms with Gasteiger partial charge in [0.2, 0.25) is 0 Å². The van der Waals surface area contributed by atoms with E-state index in [-0.39, 0.29) is 23.8 Å². The molecule has 1 heterocycles. The third kappa shape index (κ3) is 5.42. The second kappa shape index (κ2) is 9.50. The van der Waals surface area contributed by atoms with E-state index >= 15 is 0 Å². The van der Waals surface area contributed by atoms with Crippen LogP contribution in [0.25, 0.3) is 6.08 Å². The summed E-state index contributed by atoms with van der Waals surface area (Å²) in [5.41, 5.74) is 1.66. The minimum atomic E-state index is -0.291. The van der Waals surface area contributed by atoms with Crippen LogP contribution in [-0.2, 0) is 11.3 Å². The lowest BCUT2D eigenvalue weighted by molar-refractivity contribution is -0.123. The first-order chi connectivity index (χ1) is 13.9. The summed E-state index contributed by atoms with van der Waals surface area (Å²) < 4.78 is 12.4. The van der Waals surface area contributed by atoms with Crippen LogP contribution in [0, 0.1) is 0 Å². The van der Waals surface area contributed by atoms with Crippen LogP contribution in [-0.4, -0.2) is 28.8 Å². The number of halogens is 1. The maximum absolute atomic E-state index is 12.8. The second-order valence-corrected chi connectivity index (χ2v) is 8.61. The highest BCUT2D eigenvalue weighted by atomic mass is 79.9. The van der Waals surface area contributed by atoms with Gasteiger partial charge in [0.05, 0.1) is 24.2 Å². The number of hydrogen-bond donors (Lipinski definition) is 0. The molecule has 1 saturated heterocycles. The average Bonchev–Trinajstić information content (AvgIpc) is 2.91. The number of amides is 2. The fourth-order valence-electron chi connectivity index (χ4n) is 2.84. The molecule has 29 heavy (non-hydrogen) atoms. The van der Waals surface area contributed by atoms with Gasteiger partial charge in [0.15, 0.2) is 11.5 Å². The van der Waals surface area contributed by atoms with Crippen molar-refractivity contribution in [2.75, 3.05) is 6.61 Å². The number of thioether (sulfide) groups is 1. The van der Waals surface area contributed by atoms with Crippen LogP contribution >= 0.6 is 27.7 Å². The SMILES string of the molecule is CCOc1cc(/C=C2/SC(=O)N(Cc3cccc(Br)c3)C2=O)ccc1OC(C)C. The van der Waals surface area contributed by atoms with E-state index in [0.29, 0.717) is 23.0 Å². The van der Waals surface area contributed by atoms with Gasteiger partial charge in [-0.05, 0) is 74.0 Å². The summed E-state index contributed by atoms with van der Waals surface area (Å²) in [5, 5.41) is -0.272.